The number of ether oxygens (including phenoxy) is 3. The molecule has 0 bridgehead atoms. The van der Waals surface area contributed by atoms with E-state index in [4.69, 9.17) is 19.3 Å². The molecule has 0 unspecified atom stereocenters. The third-order valence-corrected chi connectivity index (χ3v) is 3.00. The fraction of sp³-hybridized carbons (Fsp3) is 1.00. The molecule has 0 aromatic heterocycles. The third kappa shape index (κ3) is 4.96. The van der Waals surface area contributed by atoms with E-state index in [1.807, 2.05) is 0 Å². The molecule has 1 rings (SSSR count). The molecule has 19 heavy (non-hydrogen) atoms. The van der Waals surface area contributed by atoms with Crippen molar-refractivity contribution in [1.29, 1.82) is 0 Å². The highest BCUT2D eigenvalue weighted by molar-refractivity contribution is 4.88. The molecule has 1 aliphatic rings. The van der Waals surface area contributed by atoms with Gasteiger partial charge in [-0.05, 0) is 6.42 Å². The largest absolute Gasteiger partial charge is 0.394 e. The summed E-state index contributed by atoms with van der Waals surface area (Å²) in [5.41, 5.74) is 0. The molecular weight excluding hydrogens is 256 g/mol. The van der Waals surface area contributed by atoms with E-state index in [2.05, 4.69) is 6.92 Å². The van der Waals surface area contributed by atoms with Crippen molar-refractivity contribution < 1.29 is 34.6 Å². The lowest BCUT2D eigenvalue weighted by Gasteiger charge is -2.39. The zero-order chi connectivity index (χ0) is 14.3. The lowest BCUT2D eigenvalue weighted by molar-refractivity contribution is -0.302. The van der Waals surface area contributed by atoms with Crippen molar-refractivity contribution in [3.05, 3.63) is 0 Å². The van der Waals surface area contributed by atoms with Crippen molar-refractivity contribution in [1.82, 2.24) is 0 Å². The zero-order valence-electron chi connectivity index (χ0n) is 11.1. The van der Waals surface area contributed by atoms with E-state index in [9.17, 15) is 15.3 Å². The van der Waals surface area contributed by atoms with Gasteiger partial charge in [0.25, 0.3) is 0 Å². The summed E-state index contributed by atoms with van der Waals surface area (Å²) in [6, 6.07) is 0. The summed E-state index contributed by atoms with van der Waals surface area (Å²) in [7, 11) is 0. The van der Waals surface area contributed by atoms with E-state index < -0.39 is 37.3 Å². The van der Waals surface area contributed by atoms with Crippen molar-refractivity contribution in [3.63, 3.8) is 0 Å². The fourth-order valence-corrected chi connectivity index (χ4v) is 1.78. The van der Waals surface area contributed by atoms with Crippen molar-refractivity contribution in [2.24, 2.45) is 0 Å². The highest BCUT2D eigenvalue weighted by Gasteiger charge is 2.43. The molecule has 114 valence electrons. The third-order valence-electron chi connectivity index (χ3n) is 3.00. The molecule has 0 saturated carbocycles. The van der Waals surface area contributed by atoms with E-state index in [0.29, 0.717) is 13.2 Å². The average Bonchev–Trinajstić information content (AvgIpc) is 2.42. The summed E-state index contributed by atoms with van der Waals surface area (Å²) < 4.78 is 15.7. The number of aliphatic hydroxyl groups is 4. The Morgan fingerprint density at radius 3 is 2.37 bits per heavy atom. The summed E-state index contributed by atoms with van der Waals surface area (Å²) in [5, 5.41) is 37.8. The Hall–Kier alpha value is -0.280. The minimum Gasteiger partial charge on any atom is -0.394 e. The van der Waals surface area contributed by atoms with Crippen molar-refractivity contribution in [2.45, 2.75) is 50.5 Å². The van der Waals surface area contributed by atoms with Gasteiger partial charge in [0, 0.05) is 6.61 Å². The summed E-state index contributed by atoms with van der Waals surface area (Å²) in [6.07, 6.45) is -4.12. The van der Waals surface area contributed by atoms with Gasteiger partial charge in [0.2, 0.25) is 0 Å². The number of unbranched alkanes of at least 4 members (excludes halogenated alkanes) is 1. The van der Waals surface area contributed by atoms with Crippen LogP contribution in [0.25, 0.3) is 0 Å². The Balaban J connectivity index is 2.28. The molecule has 1 fully saturated rings. The second-order valence-corrected chi connectivity index (χ2v) is 4.53. The molecule has 0 aliphatic carbocycles. The number of hydrogen-bond acceptors (Lipinski definition) is 7. The van der Waals surface area contributed by atoms with Crippen LogP contribution in [0.2, 0.25) is 0 Å². The van der Waals surface area contributed by atoms with Crippen molar-refractivity contribution >= 4 is 0 Å². The topological polar surface area (TPSA) is 109 Å². The van der Waals surface area contributed by atoms with Gasteiger partial charge in [-0.2, -0.15) is 0 Å². The number of aliphatic hydroxyl groups excluding tert-OH is 4. The standard InChI is InChI=1S/C12H24O7/c1-2-3-4-17-5-6-18-12-11(16)10(15)9(14)8(7-13)19-12/h8-16H,2-7H2,1H3/t8-,9-,10+,11-,12+/m1/s1. The maximum absolute atomic E-state index is 9.68. The molecule has 5 atom stereocenters. The molecule has 0 spiro atoms. The highest BCUT2D eigenvalue weighted by Crippen LogP contribution is 2.21. The molecule has 1 aliphatic heterocycles. The van der Waals surface area contributed by atoms with Crippen LogP contribution in [-0.2, 0) is 14.2 Å². The van der Waals surface area contributed by atoms with Gasteiger partial charge in [0.15, 0.2) is 6.29 Å². The summed E-state index contributed by atoms with van der Waals surface area (Å²) in [5.74, 6) is 0. The van der Waals surface area contributed by atoms with Crippen LogP contribution in [0.15, 0.2) is 0 Å². The van der Waals surface area contributed by atoms with Gasteiger partial charge in [-0.3, -0.25) is 0 Å². The van der Waals surface area contributed by atoms with Gasteiger partial charge in [0.1, 0.15) is 24.4 Å². The Labute approximate surface area is 112 Å². The molecule has 1 heterocycles. The molecule has 0 aromatic carbocycles. The summed E-state index contributed by atoms with van der Waals surface area (Å²) in [4.78, 5) is 0. The van der Waals surface area contributed by atoms with Crippen LogP contribution in [0.1, 0.15) is 19.8 Å². The van der Waals surface area contributed by atoms with E-state index in [0.717, 1.165) is 12.8 Å². The maximum atomic E-state index is 9.68. The minimum absolute atomic E-state index is 0.201. The van der Waals surface area contributed by atoms with Crippen LogP contribution < -0.4 is 0 Å². The monoisotopic (exact) mass is 280 g/mol. The van der Waals surface area contributed by atoms with E-state index in [-0.39, 0.29) is 6.61 Å². The van der Waals surface area contributed by atoms with Gasteiger partial charge in [-0.1, -0.05) is 13.3 Å². The van der Waals surface area contributed by atoms with Gasteiger partial charge < -0.3 is 34.6 Å². The quantitative estimate of drug-likeness (QED) is 0.406. The summed E-state index contributed by atoms with van der Waals surface area (Å²) in [6.45, 7) is 2.81. The van der Waals surface area contributed by atoms with Crippen LogP contribution >= 0.6 is 0 Å². The molecule has 0 radical (unpaired) electrons. The molecule has 0 amide bonds. The van der Waals surface area contributed by atoms with Crippen LogP contribution in [0, 0.1) is 0 Å². The summed E-state index contributed by atoms with van der Waals surface area (Å²) >= 11 is 0. The van der Waals surface area contributed by atoms with Crippen LogP contribution in [0.3, 0.4) is 0 Å². The van der Waals surface area contributed by atoms with Gasteiger partial charge in [-0.15, -0.1) is 0 Å². The van der Waals surface area contributed by atoms with Crippen molar-refractivity contribution in [2.75, 3.05) is 26.4 Å². The average molecular weight is 280 g/mol. The lowest BCUT2D eigenvalue weighted by atomic mass is 9.99. The predicted molar refractivity (Wildman–Crippen MR) is 65.4 cm³/mol. The van der Waals surface area contributed by atoms with Crippen molar-refractivity contribution in [3.8, 4) is 0 Å². The first-order valence-electron chi connectivity index (χ1n) is 6.61. The molecule has 4 N–H and O–H groups in total. The second kappa shape index (κ2) is 8.80. The highest BCUT2D eigenvalue weighted by atomic mass is 16.7. The van der Waals surface area contributed by atoms with Gasteiger partial charge in [-0.25, -0.2) is 0 Å². The smallest absolute Gasteiger partial charge is 0.186 e. The molecule has 7 heteroatoms. The fourth-order valence-electron chi connectivity index (χ4n) is 1.78. The van der Waals surface area contributed by atoms with E-state index in [1.54, 1.807) is 0 Å². The molecule has 7 nitrogen and oxygen atoms in total. The lowest BCUT2D eigenvalue weighted by Crippen LogP contribution is -2.59. The molecular formula is C12H24O7. The Morgan fingerprint density at radius 2 is 1.74 bits per heavy atom. The number of rotatable bonds is 8. The van der Waals surface area contributed by atoms with Gasteiger partial charge >= 0.3 is 0 Å². The second-order valence-electron chi connectivity index (χ2n) is 4.53. The first-order valence-corrected chi connectivity index (χ1v) is 6.61. The first kappa shape index (κ1) is 16.8. The predicted octanol–water partition coefficient (Wildman–Crippen LogP) is -1.38. The Bertz CT molecular complexity index is 236. The first-order chi connectivity index (χ1) is 9.11. The van der Waals surface area contributed by atoms with Gasteiger partial charge in [0.05, 0.1) is 19.8 Å². The molecule has 0 aromatic rings. The molecule has 1 saturated heterocycles. The minimum atomic E-state index is -1.41. The van der Waals surface area contributed by atoms with Crippen LogP contribution in [-0.4, -0.2) is 77.6 Å². The SMILES string of the molecule is CCCCOCCO[C@H]1O[C@H](CO)[C@@H](O)[C@H](O)[C@H]1O. The van der Waals surface area contributed by atoms with E-state index in [1.165, 1.54) is 0 Å². The Kier molecular flexibility index (Phi) is 7.77. The maximum Gasteiger partial charge on any atom is 0.186 e. The Morgan fingerprint density at radius 1 is 1.00 bits per heavy atom. The normalized spacial score (nSPS) is 35.5. The zero-order valence-corrected chi connectivity index (χ0v) is 11.1. The van der Waals surface area contributed by atoms with Crippen LogP contribution in [0.4, 0.5) is 0 Å². The number of hydrogen-bond donors (Lipinski definition) is 4. The van der Waals surface area contributed by atoms with Crippen LogP contribution in [0.5, 0.6) is 0 Å². The van der Waals surface area contributed by atoms with E-state index >= 15 is 0 Å².